The molecule has 0 heterocycles. The molecule has 1 radical (unpaired) electrons. The molecule has 0 fully saturated rings. The number of halogens is 4. The number of rotatable bonds is 1. The van der Waals surface area contributed by atoms with Crippen molar-refractivity contribution in [3.05, 3.63) is 11.9 Å². The lowest BCUT2D eigenvalue weighted by Gasteiger charge is -1.96. The second-order valence-corrected chi connectivity index (χ2v) is 1.28. The van der Waals surface area contributed by atoms with E-state index in [1.807, 2.05) is 0 Å². The predicted molar refractivity (Wildman–Crippen MR) is 20.8 cm³/mol. The van der Waals surface area contributed by atoms with Gasteiger partial charge in [-0.05, 0) is 0 Å². The van der Waals surface area contributed by atoms with Gasteiger partial charge in [-0.1, -0.05) is 0 Å². The van der Waals surface area contributed by atoms with E-state index in [4.69, 9.17) is 0 Å². The Morgan fingerprint density at radius 2 is 1.89 bits per heavy atom. The quantitative estimate of drug-likeness (QED) is 0.499. The van der Waals surface area contributed by atoms with Crippen LogP contribution in [-0.2, 0) is 5.11 Å². The fourth-order valence-corrected chi connectivity index (χ4v) is 0.219. The van der Waals surface area contributed by atoms with Crippen molar-refractivity contribution < 1.29 is 22.7 Å². The molecule has 5 heteroatoms. The van der Waals surface area contributed by atoms with Gasteiger partial charge in [0.2, 0.25) is 0 Å². The molecule has 53 valence electrons. The van der Waals surface area contributed by atoms with Gasteiger partial charge in [0.25, 0.3) is 0 Å². The standard InChI is InChI=1S/C4H3F4O/c5-3(2-9)1-4(6,7)8/h1H,2H2. The predicted octanol–water partition coefficient (Wildman–Crippen LogP) is 1.83. The number of hydrogen-bond acceptors (Lipinski definition) is 0. The van der Waals surface area contributed by atoms with Crippen molar-refractivity contribution in [1.82, 2.24) is 0 Å². The highest BCUT2D eigenvalue weighted by Gasteiger charge is 2.24. The van der Waals surface area contributed by atoms with E-state index in [-0.39, 0.29) is 0 Å². The highest BCUT2D eigenvalue weighted by molar-refractivity contribution is 4.96. The summed E-state index contributed by atoms with van der Waals surface area (Å²) in [6, 6.07) is 0. The molecular weight excluding hydrogens is 140 g/mol. The van der Waals surface area contributed by atoms with Crippen LogP contribution >= 0.6 is 0 Å². The van der Waals surface area contributed by atoms with Gasteiger partial charge >= 0.3 is 6.18 Å². The van der Waals surface area contributed by atoms with Crippen LogP contribution in [0.2, 0.25) is 0 Å². The molecule has 0 bridgehead atoms. The normalized spacial score (nSPS) is 14.1. The van der Waals surface area contributed by atoms with Gasteiger partial charge in [0.1, 0.15) is 12.4 Å². The first-order valence-corrected chi connectivity index (χ1v) is 1.98. The summed E-state index contributed by atoms with van der Waals surface area (Å²) < 4.78 is 44.6. The Morgan fingerprint density at radius 1 is 1.44 bits per heavy atom. The van der Waals surface area contributed by atoms with E-state index in [2.05, 4.69) is 0 Å². The smallest absolute Gasteiger partial charge is 0.229 e. The van der Waals surface area contributed by atoms with Crippen molar-refractivity contribution in [1.29, 1.82) is 0 Å². The van der Waals surface area contributed by atoms with E-state index in [1.165, 1.54) is 0 Å². The van der Waals surface area contributed by atoms with Crippen LogP contribution in [0, 0.1) is 0 Å². The molecule has 0 aliphatic rings. The fourth-order valence-electron chi connectivity index (χ4n) is 0.219. The average Bonchev–Trinajstić information content (AvgIpc) is 1.62. The Morgan fingerprint density at radius 3 is 2.00 bits per heavy atom. The minimum atomic E-state index is -4.71. The molecule has 0 spiro atoms. The number of alkyl halides is 3. The van der Waals surface area contributed by atoms with Crippen LogP contribution in [0.1, 0.15) is 0 Å². The van der Waals surface area contributed by atoms with Gasteiger partial charge < -0.3 is 0 Å². The Balaban J connectivity index is 3.95. The lowest BCUT2D eigenvalue weighted by atomic mass is 10.5. The molecule has 0 aliphatic heterocycles. The first kappa shape index (κ1) is 8.42. The second kappa shape index (κ2) is 2.82. The van der Waals surface area contributed by atoms with Crippen LogP contribution in [0.4, 0.5) is 17.6 Å². The lowest BCUT2D eigenvalue weighted by molar-refractivity contribution is -0.0821. The third-order valence-corrected chi connectivity index (χ3v) is 0.458. The summed E-state index contributed by atoms with van der Waals surface area (Å²) in [4.78, 5) is 0. The van der Waals surface area contributed by atoms with Crippen molar-refractivity contribution in [3.8, 4) is 0 Å². The van der Waals surface area contributed by atoms with Gasteiger partial charge in [-0.3, -0.25) is 0 Å². The van der Waals surface area contributed by atoms with E-state index in [9.17, 15) is 22.7 Å². The Kier molecular flexibility index (Phi) is 2.64. The zero-order valence-electron chi connectivity index (χ0n) is 4.20. The van der Waals surface area contributed by atoms with Crippen molar-refractivity contribution in [2.75, 3.05) is 6.61 Å². The number of hydrogen-bond donors (Lipinski definition) is 0. The summed E-state index contributed by atoms with van der Waals surface area (Å²) in [5, 5.41) is 9.36. The summed E-state index contributed by atoms with van der Waals surface area (Å²) in [7, 11) is 0. The minimum absolute atomic E-state index is 0.653. The van der Waals surface area contributed by atoms with Gasteiger partial charge in [-0.15, -0.1) is 0 Å². The first-order valence-electron chi connectivity index (χ1n) is 1.98. The largest absolute Gasteiger partial charge is 0.412 e. The van der Waals surface area contributed by atoms with Crippen molar-refractivity contribution in [3.63, 3.8) is 0 Å². The monoisotopic (exact) mass is 143 g/mol. The van der Waals surface area contributed by atoms with Crippen LogP contribution in [0.5, 0.6) is 0 Å². The van der Waals surface area contributed by atoms with Gasteiger partial charge in [0.15, 0.2) is 0 Å². The molecule has 0 saturated heterocycles. The average molecular weight is 143 g/mol. The van der Waals surface area contributed by atoms with Crippen LogP contribution in [0.15, 0.2) is 11.9 Å². The van der Waals surface area contributed by atoms with E-state index in [0.29, 0.717) is 0 Å². The van der Waals surface area contributed by atoms with Gasteiger partial charge in [0.05, 0.1) is 6.08 Å². The molecule has 0 aromatic rings. The third-order valence-electron chi connectivity index (χ3n) is 0.458. The molecule has 9 heavy (non-hydrogen) atoms. The van der Waals surface area contributed by atoms with E-state index < -0.39 is 24.7 Å². The Bertz CT molecular complexity index is 114. The van der Waals surface area contributed by atoms with Crippen molar-refractivity contribution in [2.45, 2.75) is 6.18 Å². The zero-order chi connectivity index (χ0) is 7.49. The highest BCUT2D eigenvalue weighted by atomic mass is 19.4. The number of allylic oxidation sites excluding steroid dienone is 1. The molecular formula is C4H3F4O. The Labute approximate surface area is 48.6 Å². The maximum absolute atomic E-state index is 11.5. The second-order valence-electron chi connectivity index (χ2n) is 1.28. The molecule has 1 nitrogen and oxygen atoms in total. The van der Waals surface area contributed by atoms with Crippen LogP contribution < -0.4 is 0 Å². The molecule has 0 aromatic carbocycles. The lowest BCUT2D eigenvalue weighted by Crippen LogP contribution is -2.02. The molecule has 0 unspecified atom stereocenters. The zero-order valence-corrected chi connectivity index (χ0v) is 4.20. The minimum Gasteiger partial charge on any atom is -0.229 e. The molecule has 0 aromatic heterocycles. The molecule has 0 amide bonds. The molecule has 0 rings (SSSR count). The van der Waals surface area contributed by atoms with Crippen LogP contribution in [-0.4, -0.2) is 12.8 Å². The maximum atomic E-state index is 11.5. The summed E-state index contributed by atoms with van der Waals surface area (Å²) in [6.07, 6.45) is -5.37. The van der Waals surface area contributed by atoms with Crippen LogP contribution in [0.3, 0.4) is 0 Å². The highest BCUT2D eigenvalue weighted by Crippen LogP contribution is 2.18. The molecule has 0 aliphatic carbocycles. The van der Waals surface area contributed by atoms with E-state index >= 15 is 0 Å². The van der Waals surface area contributed by atoms with Crippen LogP contribution in [0.25, 0.3) is 0 Å². The molecule has 0 atom stereocenters. The molecule has 0 N–H and O–H groups in total. The first-order chi connectivity index (χ1) is 3.95. The van der Waals surface area contributed by atoms with Gasteiger partial charge in [-0.2, -0.15) is 13.2 Å². The fraction of sp³-hybridized carbons (Fsp3) is 0.500. The van der Waals surface area contributed by atoms with E-state index in [1.54, 1.807) is 0 Å². The van der Waals surface area contributed by atoms with Crippen molar-refractivity contribution >= 4 is 0 Å². The molecule has 0 saturated carbocycles. The van der Waals surface area contributed by atoms with Gasteiger partial charge in [-0.25, -0.2) is 9.50 Å². The summed E-state index contributed by atoms with van der Waals surface area (Å²) in [5.74, 6) is -1.69. The van der Waals surface area contributed by atoms with E-state index in [0.717, 1.165) is 0 Å². The maximum Gasteiger partial charge on any atom is 0.412 e. The summed E-state index contributed by atoms with van der Waals surface area (Å²) in [6.45, 7) is -1.46. The summed E-state index contributed by atoms with van der Waals surface area (Å²) >= 11 is 0. The van der Waals surface area contributed by atoms with Gasteiger partial charge in [0, 0.05) is 0 Å². The summed E-state index contributed by atoms with van der Waals surface area (Å²) in [5.41, 5.74) is 0. The third kappa shape index (κ3) is 5.29. The SMILES string of the molecule is [O]CC(F)=CC(F)(F)F. The Hall–Kier alpha value is -0.580. The van der Waals surface area contributed by atoms with Crippen molar-refractivity contribution in [2.24, 2.45) is 0 Å². The topological polar surface area (TPSA) is 19.9 Å².